The highest BCUT2D eigenvalue weighted by molar-refractivity contribution is 5.91. The number of nitrogens with one attached hydrogen (secondary N) is 1. The zero-order valence-electron chi connectivity index (χ0n) is 14.0. The Balaban J connectivity index is 1.82. The zero-order valence-corrected chi connectivity index (χ0v) is 14.0. The normalized spacial score (nSPS) is 11.3. The van der Waals surface area contributed by atoms with Crippen LogP contribution in [0.3, 0.4) is 0 Å². The van der Waals surface area contributed by atoms with E-state index in [-0.39, 0.29) is 11.1 Å². The molecule has 0 aliphatic rings. The number of hydrogen-bond acceptors (Lipinski definition) is 4. The van der Waals surface area contributed by atoms with Gasteiger partial charge in [-0.15, -0.1) is 0 Å². The molecule has 0 atom stereocenters. The van der Waals surface area contributed by atoms with Crippen LogP contribution in [0.1, 0.15) is 0 Å². The standard InChI is InChI=1S/C20H13N5O2/c26-19-14-12-15-17(8-11-25(20(15)27)18-6-9-21-23-18)22-16(14)7-10-24(19)13-4-2-1-3-5-13/h1-12H,(H,21,23). The summed E-state index contributed by atoms with van der Waals surface area (Å²) in [6.45, 7) is 0. The quantitative estimate of drug-likeness (QED) is 0.493. The second-order valence-electron chi connectivity index (χ2n) is 6.11. The number of fused-ring (bicyclic) bond motifs is 2. The summed E-state index contributed by atoms with van der Waals surface area (Å²) in [5.41, 5.74) is 1.37. The summed E-state index contributed by atoms with van der Waals surface area (Å²) < 4.78 is 2.99. The number of aromatic amines is 1. The van der Waals surface area contributed by atoms with Crippen molar-refractivity contribution in [3.63, 3.8) is 0 Å². The fraction of sp³-hybridized carbons (Fsp3) is 0. The van der Waals surface area contributed by atoms with Crippen LogP contribution in [0.4, 0.5) is 0 Å². The topological polar surface area (TPSA) is 85.6 Å². The summed E-state index contributed by atoms with van der Waals surface area (Å²) in [7, 11) is 0. The Kier molecular flexibility index (Phi) is 3.26. The molecule has 0 fully saturated rings. The molecule has 0 saturated carbocycles. The van der Waals surface area contributed by atoms with E-state index in [1.165, 1.54) is 4.57 Å². The monoisotopic (exact) mass is 355 g/mol. The molecular weight excluding hydrogens is 342 g/mol. The minimum Gasteiger partial charge on any atom is -0.284 e. The average molecular weight is 355 g/mol. The molecule has 0 amide bonds. The molecule has 0 spiro atoms. The minimum absolute atomic E-state index is 0.218. The van der Waals surface area contributed by atoms with Crippen molar-refractivity contribution >= 4 is 21.8 Å². The van der Waals surface area contributed by atoms with Gasteiger partial charge < -0.3 is 0 Å². The lowest BCUT2D eigenvalue weighted by molar-refractivity contribution is 0.926. The van der Waals surface area contributed by atoms with Crippen molar-refractivity contribution in [2.45, 2.75) is 0 Å². The molecule has 1 N–H and O–H groups in total. The van der Waals surface area contributed by atoms with E-state index in [0.29, 0.717) is 27.6 Å². The Morgan fingerprint density at radius 2 is 1.44 bits per heavy atom. The minimum atomic E-state index is -0.263. The van der Waals surface area contributed by atoms with Gasteiger partial charge in [-0.05, 0) is 30.3 Å². The molecule has 0 unspecified atom stereocenters. The lowest BCUT2D eigenvalue weighted by Gasteiger charge is -2.08. The van der Waals surface area contributed by atoms with Gasteiger partial charge in [0.25, 0.3) is 11.1 Å². The van der Waals surface area contributed by atoms with Crippen molar-refractivity contribution in [2.75, 3.05) is 0 Å². The molecule has 0 radical (unpaired) electrons. The summed E-state index contributed by atoms with van der Waals surface area (Å²) in [6.07, 6.45) is 4.91. The highest BCUT2D eigenvalue weighted by atomic mass is 16.1. The van der Waals surface area contributed by atoms with E-state index in [1.54, 1.807) is 47.4 Å². The van der Waals surface area contributed by atoms with Gasteiger partial charge in [-0.3, -0.25) is 23.8 Å². The van der Waals surface area contributed by atoms with E-state index in [2.05, 4.69) is 15.2 Å². The van der Waals surface area contributed by atoms with Crippen molar-refractivity contribution in [2.24, 2.45) is 0 Å². The first-order valence-corrected chi connectivity index (χ1v) is 8.35. The SMILES string of the molecule is O=c1c2cc3c(=O)n(-c4ccn[nH]4)ccc3nc2ccn1-c1ccccc1. The molecule has 0 aliphatic heterocycles. The van der Waals surface area contributed by atoms with Crippen molar-refractivity contribution < 1.29 is 0 Å². The third-order valence-electron chi connectivity index (χ3n) is 4.52. The fourth-order valence-electron chi connectivity index (χ4n) is 3.19. The van der Waals surface area contributed by atoms with Crippen LogP contribution in [0.25, 0.3) is 33.3 Å². The van der Waals surface area contributed by atoms with Gasteiger partial charge in [-0.2, -0.15) is 5.10 Å². The van der Waals surface area contributed by atoms with Crippen LogP contribution in [0.15, 0.2) is 82.8 Å². The van der Waals surface area contributed by atoms with Crippen LogP contribution in [0.5, 0.6) is 0 Å². The number of hydrogen-bond donors (Lipinski definition) is 1. The number of pyridine rings is 3. The van der Waals surface area contributed by atoms with Crippen molar-refractivity contribution in [3.8, 4) is 11.5 Å². The molecule has 5 aromatic rings. The van der Waals surface area contributed by atoms with Gasteiger partial charge in [-0.1, -0.05) is 18.2 Å². The first kappa shape index (κ1) is 15.3. The smallest absolute Gasteiger partial charge is 0.265 e. The molecular formula is C20H13N5O2. The van der Waals surface area contributed by atoms with E-state index in [9.17, 15) is 9.59 Å². The molecule has 7 heteroatoms. The number of aromatic nitrogens is 5. The summed E-state index contributed by atoms with van der Waals surface area (Å²) in [5, 5.41) is 7.41. The Hall–Kier alpha value is -4.00. The van der Waals surface area contributed by atoms with E-state index in [0.717, 1.165) is 5.69 Å². The lowest BCUT2D eigenvalue weighted by atomic mass is 10.2. The van der Waals surface area contributed by atoms with Crippen LogP contribution in [0.2, 0.25) is 0 Å². The summed E-state index contributed by atoms with van der Waals surface area (Å²) in [5.74, 6) is 0.553. The van der Waals surface area contributed by atoms with Crippen LogP contribution >= 0.6 is 0 Å². The summed E-state index contributed by atoms with van der Waals surface area (Å²) >= 11 is 0. The van der Waals surface area contributed by atoms with E-state index in [4.69, 9.17) is 0 Å². The number of para-hydroxylation sites is 1. The first-order valence-electron chi connectivity index (χ1n) is 8.35. The Morgan fingerprint density at radius 3 is 2.11 bits per heavy atom. The van der Waals surface area contributed by atoms with E-state index >= 15 is 0 Å². The van der Waals surface area contributed by atoms with Gasteiger partial charge in [0, 0.05) is 24.1 Å². The summed E-state index contributed by atoms with van der Waals surface area (Å²) in [4.78, 5) is 30.4. The van der Waals surface area contributed by atoms with Crippen molar-refractivity contribution in [1.29, 1.82) is 0 Å². The molecule has 0 aliphatic carbocycles. The number of nitrogens with zero attached hydrogens (tertiary/aromatic N) is 4. The third kappa shape index (κ3) is 2.36. The third-order valence-corrected chi connectivity index (χ3v) is 4.52. The first-order chi connectivity index (χ1) is 13.2. The van der Waals surface area contributed by atoms with Crippen LogP contribution in [-0.2, 0) is 0 Å². The molecule has 7 nitrogen and oxygen atoms in total. The van der Waals surface area contributed by atoms with Gasteiger partial charge in [0.2, 0.25) is 0 Å². The molecule has 27 heavy (non-hydrogen) atoms. The van der Waals surface area contributed by atoms with Crippen LogP contribution in [-0.4, -0.2) is 24.3 Å². The Labute approximate surface area is 152 Å². The highest BCUT2D eigenvalue weighted by Crippen LogP contribution is 2.16. The molecule has 1 aromatic carbocycles. The maximum absolute atomic E-state index is 13.0. The van der Waals surface area contributed by atoms with Gasteiger partial charge in [0.1, 0.15) is 5.82 Å². The molecule has 130 valence electrons. The molecule has 4 heterocycles. The number of H-pyrrole nitrogens is 1. The van der Waals surface area contributed by atoms with Crippen LogP contribution < -0.4 is 11.1 Å². The maximum atomic E-state index is 13.0. The van der Waals surface area contributed by atoms with E-state index in [1.807, 2.05) is 30.3 Å². The Bertz CT molecular complexity index is 1400. The van der Waals surface area contributed by atoms with Crippen molar-refractivity contribution in [3.05, 3.63) is 93.9 Å². The molecule has 0 bridgehead atoms. The average Bonchev–Trinajstić information content (AvgIpc) is 3.23. The maximum Gasteiger partial charge on any atom is 0.265 e. The second kappa shape index (κ2) is 5.77. The highest BCUT2D eigenvalue weighted by Gasteiger charge is 2.11. The Morgan fingerprint density at radius 1 is 0.778 bits per heavy atom. The van der Waals surface area contributed by atoms with Gasteiger partial charge in [0.15, 0.2) is 0 Å². The second-order valence-corrected chi connectivity index (χ2v) is 6.11. The van der Waals surface area contributed by atoms with Crippen LogP contribution in [0, 0.1) is 0 Å². The number of benzene rings is 1. The largest absolute Gasteiger partial charge is 0.284 e. The molecule has 4 aromatic heterocycles. The van der Waals surface area contributed by atoms with E-state index < -0.39 is 0 Å². The predicted molar refractivity (Wildman–Crippen MR) is 103 cm³/mol. The summed E-state index contributed by atoms with van der Waals surface area (Å²) in [6, 6.07) is 16.2. The van der Waals surface area contributed by atoms with Crippen molar-refractivity contribution in [1.82, 2.24) is 24.3 Å². The molecule has 5 rings (SSSR count). The predicted octanol–water partition coefficient (Wildman–Crippen LogP) is 2.41. The zero-order chi connectivity index (χ0) is 18.4. The lowest BCUT2D eigenvalue weighted by Crippen LogP contribution is -2.21. The van der Waals surface area contributed by atoms with Gasteiger partial charge in [0.05, 0.1) is 28.0 Å². The number of rotatable bonds is 2. The van der Waals surface area contributed by atoms with Gasteiger partial charge in [-0.25, -0.2) is 4.98 Å². The fourth-order valence-corrected chi connectivity index (χ4v) is 3.19. The van der Waals surface area contributed by atoms with Gasteiger partial charge >= 0.3 is 0 Å². The molecule has 0 saturated heterocycles.